The highest BCUT2D eigenvalue weighted by Crippen LogP contribution is 2.19. The number of amides is 3. The van der Waals surface area contributed by atoms with E-state index in [-0.39, 0.29) is 29.6 Å². The van der Waals surface area contributed by atoms with Crippen molar-refractivity contribution in [3.05, 3.63) is 29.8 Å². The summed E-state index contributed by atoms with van der Waals surface area (Å²) in [6.07, 6.45) is 5.22. The third kappa shape index (κ3) is 5.21. The Labute approximate surface area is 164 Å². The van der Waals surface area contributed by atoms with Crippen molar-refractivity contribution in [2.24, 2.45) is 0 Å². The number of ether oxygens (including phenoxy) is 1. The molecule has 1 aromatic rings. The van der Waals surface area contributed by atoms with E-state index in [1.54, 1.807) is 0 Å². The molecule has 1 aliphatic heterocycles. The predicted molar refractivity (Wildman–Crippen MR) is 102 cm³/mol. The quantitative estimate of drug-likeness (QED) is 0.640. The first kappa shape index (κ1) is 20.6. The Hall–Kier alpha value is -2.17. The van der Waals surface area contributed by atoms with Gasteiger partial charge in [0.15, 0.2) is 0 Å². The molecule has 1 aromatic carbocycles. The average molecular weight is 410 g/mol. The van der Waals surface area contributed by atoms with Crippen molar-refractivity contribution < 1.29 is 22.7 Å². The number of hydrogen-bond donors (Lipinski definition) is 3. The predicted octanol–water partition coefficient (Wildman–Crippen LogP) is 0.984. The van der Waals surface area contributed by atoms with Crippen LogP contribution in [0.3, 0.4) is 0 Å². The topological polar surface area (TPSA) is 117 Å². The van der Waals surface area contributed by atoms with Gasteiger partial charge in [-0.05, 0) is 31.0 Å². The minimum absolute atomic E-state index is 0.0358. The summed E-state index contributed by atoms with van der Waals surface area (Å²) in [6.45, 7) is 1.25. The maximum absolute atomic E-state index is 12.7. The zero-order valence-electron chi connectivity index (χ0n) is 15.6. The lowest BCUT2D eigenvalue weighted by molar-refractivity contribution is 0.0730. The molecule has 3 amide bonds. The number of nitrogens with zero attached hydrogens (tertiary/aromatic N) is 1. The fourth-order valence-electron chi connectivity index (χ4n) is 3.39. The summed E-state index contributed by atoms with van der Waals surface area (Å²) < 4.78 is 31.9. The molecule has 1 saturated carbocycles. The fourth-order valence-corrected chi connectivity index (χ4v) is 4.84. The number of hydrazine groups is 1. The van der Waals surface area contributed by atoms with Gasteiger partial charge in [0.25, 0.3) is 5.91 Å². The molecule has 0 atom stereocenters. The van der Waals surface area contributed by atoms with Gasteiger partial charge in [-0.3, -0.25) is 10.2 Å². The number of morpholine rings is 1. The van der Waals surface area contributed by atoms with Gasteiger partial charge in [-0.25, -0.2) is 18.6 Å². The highest BCUT2D eigenvalue weighted by atomic mass is 32.2. The van der Waals surface area contributed by atoms with Gasteiger partial charge in [0.05, 0.1) is 18.1 Å². The molecule has 3 N–H and O–H groups in total. The number of hydrogen-bond acceptors (Lipinski definition) is 5. The first-order valence-corrected chi connectivity index (χ1v) is 11.0. The molecule has 10 heteroatoms. The van der Waals surface area contributed by atoms with Crippen molar-refractivity contribution in [3.8, 4) is 0 Å². The van der Waals surface area contributed by atoms with E-state index in [1.807, 2.05) is 0 Å². The molecule has 2 aliphatic rings. The van der Waals surface area contributed by atoms with Crippen LogP contribution in [0.1, 0.15) is 42.5 Å². The molecule has 0 aromatic heterocycles. The summed E-state index contributed by atoms with van der Waals surface area (Å²) in [4.78, 5) is 24.3. The fraction of sp³-hybridized carbons (Fsp3) is 0.556. The normalized spacial score (nSPS) is 19.0. The van der Waals surface area contributed by atoms with Crippen molar-refractivity contribution in [2.75, 3.05) is 26.3 Å². The molecule has 1 heterocycles. The van der Waals surface area contributed by atoms with Crippen LogP contribution < -0.4 is 16.2 Å². The van der Waals surface area contributed by atoms with Crippen LogP contribution >= 0.6 is 0 Å². The van der Waals surface area contributed by atoms with Crippen LogP contribution in [0.2, 0.25) is 0 Å². The number of carbonyl (C=O) groups excluding carboxylic acids is 2. The Bertz CT molecular complexity index is 802. The maximum Gasteiger partial charge on any atom is 0.333 e. The Morgan fingerprint density at radius 1 is 1.04 bits per heavy atom. The first-order chi connectivity index (χ1) is 13.5. The largest absolute Gasteiger partial charge is 0.379 e. The molecule has 1 aliphatic carbocycles. The molecule has 9 nitrogen and oxygen atoms in total. The summed E-state index contributed by atoms with van der Waals surface area (Å²) in [5.74, 6) is -0.585. The first-order valence-electron chi connectivity index (χ1n) is 9.51. The van der Waals surface area contributed by atoms with Crippen LogP contribution in [-0.4, -0.2) is 57.0 Å². The van der Waals surface area contributed by atoms with Crippen LogP contribution in [0.4, 0.5) is 4.79 Å². The van der Waals surface area contributed by atoms with Gasteiger partial charge in [0.2, 0.25) is 10.0 Å². The molecule has 0 bridgehead atoms. The van der Waals surface area contributed by atoms with Crippen LogP contribution in [-0.2, 0) is 14.8 Å². The molecule has 1 saturated heterocycles. The molecule has 0 radical (unpaired) electrons. The maximum atomic E-state index is 12.7. The van der Waals surface area contributed by atoms with Crippen molar-refractivity contribution in [1.29, 1.82) is 0 Å². The summed E-state index contributed by atoms with van der Waals surface area (Å²) in [5, 5.41) is 2.83. The molecule has 28 heavy (non-hydrogen) atoms. The van der Waals surface area contributed by atoms with Crippen molar-refractivity contribution >= 4 is 22.0 Å². The summed E-state index contributed by atoms with van der Waals surface area (Å²) >= 11 is 0. The molecule has 2 fully saturated rings. The number of carbonyl (C=O) groups is 2. The van der Waals surface area contributed by atoms with Crippen LogP contribution in [0, 0.1) is 0 Å². The van der Waals surface area contributed by atoms with E-state index >= 15 is 0 Å². The van der Waals surface area contributed by atoms with E-state index in [0.29, 0.717) is 13.2 Å². The Balaban J connectivity index is 1.58. The van der Waals surface area contributed by atoms with Gasteiger partial charge >= 0.3 is 6.03 Å². The SMILES string of the molecule is O=C(NNC(=O)c1cccc(S(=O)(=O)N2CCOCC2)c1)NC1CCCCC1. The Morgan fingerprint density at radius 3 is 2.46 bits per heavy atom. The smallest absolute Gasteiger partial charge is 0.333 e. The van der Waals surface area contributed by atoms with Gasteiger partial charge in [0, 0.05) is 24.7 Å². The number of urea groups is 1. The highest BCUT2D eigenvalue weighted by Gasteiger charge is 2.27. The van der Waals surface area contributed by atoms with E-state index in [1.165, 1.54) is 35.0 Å². The number of rotatable bonds is 4. The van der Waals surface area contributed by atoms with E-state index < -0.39 is 22.0 Å². The van der Waals surface area contributed by atoms with E-state index in [2.05, 4.69) is 16.2 Å². The van der Waals surface area contributed by atoms with Gasteiger partial charge in [0.1, 0.15) is 0 Å². The lowest BCUT2D eigenvalue weighted by Crippen LogP contribution is -2.50. The van der Waals surface area contributed by atoms with Crippen molar-refractivity contribution in [1.82, 2.24) is 20.5 Å². The lowest BCUT2D eigenvalue weighted by Gasteiger charge is -2.26. The second-order valence-electron chi connectivity index (χ2n) is 6.93. The zero-order valence-corrected chi connectivity index (χ0v) is 16.5. The average Bonchev–Trinajstić information content (AvgIpc) is 2.73. The standard InChI is InChI=1S/C18H26N4O5S/c23-17(20-21-18(24)19-15-6-2-1-3-7-15)14-5-4-8-16(13-14)28(25,26)22-9-11-27-12-10-22/h4-5,8,13,15H,1-3,6-7,9-12H2,(H,20,23)(H2,19,21,24). The molecule has 154 valence electrons. The highest BCUT2D eigenvalue weighted by molar-refractivity contribution is 7.89. The van der Waals surface area contributed by atoms with Gasteiger partial charge in [-0.2, -0.15) is 4.31 Å². The minimum atomic E-state index is -3.69. The molecule has 0 unspecified atom stereocenters. The van der Waals surface area contributed by atoms with Crippen LogP contribution in [0.5, 0.6) is 0 Å². The Kier molecular flexibility index (Phi) is 6.87. The molecular formula is C18H26N4O5S. The number of nitrogens with one attached hydrogen (secondary N) is 3. The second-order valence-corrected chi connectivity index (χ2v) is 8.87. The number of benzene rings is 1. The lowest BCUT2D eigenvalue weighted by atomic mass is 9.96. The monoisotopic (exact) mass is 410 g/mol. The summed E-state index contributed by atoms with van der Waals surface area (Å²) in [7, 11) is -3.69. The van der Waals surface area contributed by atoms with Gasteiger partial charge in [-0.15, -0.1) is 0 Å². The third-order valence-electron chi connectivity index (χ3n) is 4.93. The minimum Gasteiger partial charge on any atom is -0.379 e. The van der Waals surface area contributed by atoms with Crippen molar-refractivity contribution in [3.63, 3.8) is 0 Å². The zero-order chi connectivity index (χ0) is 20.0. The van der Waals surface area contributed by atoms with E-state index in [0.717, 1.165) is 25.7 Å². The van der Waals surface area contributed by atoms with E-state index in [9.17, 15) is 18.0 Å². The molecular weight excluding hydrogens is 384 g/mol. The van der Waals surface area contributed by atoms with Crippen LogP contribution in [0.15, 0.2) is 29.2 Å². The second kappa shape index (κ2) is 9.35. The summed E-state index contributed by atoms with van der Waals surface area (Å²) in [6, 6.07) is 5.40. The Morgan fingerprint density at radius 2 is 1.75 bits per heavy atom. The van der Waals surface area contributed by atoms with Crippen molar-refractivity contribution in [2.45, 2.75) is 43.0 Å². The number of sulfonamides is 1. The van der Waals surface area contributed by atoms with Gasteiger partial charge < -0.3 is 10.1 Å². The summed E-state index contributed by atoms with van der Waals surface area (Å²) in [5.41, 5.74) is 4.79. The third-order valence-corrected chi connectivity index (χ3v) is 6.83. The van der Waals surface area contributed by atoms with Crippen LogP contribution in [0.25, 0.3) is 0 Å². The van der Waals surface area contributed by atoms with E-state index in [4.69, 9.17) is 4.74 Å². The molecule has 3 rings (SSSR count). The molecule has 0 spiro atoms. The van der Waals surface area contributed by atoms with Gasteiger partial charge in [-0.1, -0.05) is 25.3 Å².